The molecule has 1 aromatic heterocycles. The molecule has 0 bridgehead atoms. The monoisotopic (exact) mass is 928 g/mol. The highest BCUT2D eigenvalue weighted by Crippen LogP contribution is 2.62. The van der Waals surface area contributed by atoms with E-state index in [1.807, 2.05) is 0 Å². The van der Waals surface area contributed by atoms with Gasteiger partial charge >= 0.3 is 0 Å². The Labute approximate surface area is 353 Å². The van der Waals surface area contributed by atoms with Crippen molar-refractivity contribution < 1.29 is 74.8 Å². The van der Waals surface area contributed by atoms with Crippen molar-refractivity contribution in [1.82, 2.24) is 4.57 Å². The second kappa shape index (κ2) is 15.5. The fourth-order valence-electron chi connectivity index (χ4n) is 8.35. The molecule has 0 fully saturated rings. The first-order chi connectivity index (χ1) is 28.4. The molecule has 0 saturated carbocycles. The summed E-state index contributed by atoms with van der Waals surface area (Å²) in [5, 5.41) is -3.54. The SMILES string of the molecule is CC(C)(C)c1cc(-n2cc[n+](P(=O)(C(C)(C)C)C(C)(C)C)c2[B-](c2c(F)c(F)c(F)c(F)c2F)(c2c(F)c(F)c(F)c(F)c2F)c2c(F)c(F)c(F)c(F)c2F)cc(C(C)(C)C)c1. The molecular formula is C43H41BF15N2OP. The van der Waals surface area contributed by atoms with Crippen molar-refractivity contribution in [2.45, 2.75) is 104 Å². The highest BCUT2D eigenvalue weighted by Gasteiger charge is 2.60. The van der Waals surface area contributed by atoms with Gasteiger partial charge in [0.25, 0.3) is 7.29 Å². The first-order valence-corrected chi connectivity index (χ1v) is 20.7. The van der Waals surface area contributed by atoms with E-state index < -0.39 is 150 Å². The molecule has 5 rings (SSSR count). The van der Waals surface area contributed by atoms with Gasteiger partial charge in [0.15, 0.2) is 52.4 Å². The van der Waals surface area contributed by atoms with Crippen LogP contribution in [-0.2, 0) is 15.4 Å². The standard InChI is InChI=1S/C43H41BF15N2OP/c1-40(2,3)18-15-19(41(4,5)6)17-20(16-18)60-13-14-61(63(62,42(7,8)9)43(10,11)12)39(60)44(21-24(45)30(51)36(57)31(52)25(21)46,22-26(47)32(53)37(58)33(54)27(22)48)23-28(49)34(55)38(59)35(56)29(23)50/h13-17H,1-12H3. The van der Waals surface area contributed by atoms with Crippen LogP contribution in [0.25, 0.3) is 5.69 Å². The molecule has 0 amide bonds. The van der Waals surface area contributed by atoms with Gasteiger partial charge < -0.3 is 0 Å². The summed E-state index contributed by atoms with van der Waals surface area (Å²) < 4.78 is 259. The Kier molecular flexibility index (Phi) is 12.1. The van der Waals surface area contributed by atoms with Crippen molar-refractivity contribution in [2.75, 3.05) is 0 Å². The van der Waals surface area contributed by atoms with E-state index in [-0.39, 0.29) is 0 Å². The molecule has 20 heteroatoms. The molecule has 0 spiro atoms. The smallest absolute Gasteiger partial charge is 0.258 e. The molecule has 0 saturated heterocycles. The second-order valence-corrected chi connectivity index (χ2v) is 23.6. The van der Waals surface area contributed by atoms with Crippen LogP contribution in [-0.4, -0.2) is 21.0 Å². The molecule has 63 heavy (non-hydrogen) atoms. The van der Waals surface area contributed by atoms with Gasteiger partial charge in [-0.1, -0.05) is 47.6 Å². The van der Waals surface area contributed by atoms with Crippen LogP contribution in [0.2, 0.25) is 0 Å². The fourth-order valence-corrected chi connectivity index (χ4v) is 12.5. The lowest BCUT2D eigenvalue weighted by Gasteiger charge is -2.45. The van der Waals surface area contributed by atoms with Crippen LogP contribution in [0.3, 0.4) is 0 Å². The summed E-state index contributed by atoms with van der Waals surface area (Å²) in [4.78, 5) is 0. The Hall–Kier alpha value is -4.67. The Morgan fingerprint density at radius 1 is 0.429 bits per heavy atom. The number of rotatable bonds is 6. The van der Waals surface area contributed by atoms with Gasteiger partial charge in [-0.2, -0.15) is 0 Å². The van der Waals surface area contributed by atoms with E-state index in [9.17, 15) is 13.2 Å². The van der Waals surface area contributed by atoms with Gasteiger partial charge in [0.1, 0.15) is 53.0 Å². The number of nitrogens with zero attached hydrogens (tertiary/aromatic N) is 2. The first-order valence-electron chi connectivity index (χ1n) is 19.1. The molecule has 342 valence electrons. The van der Waals surface area contributed by atoms with Crippen LogP contribution in [0, 0.1) is 87.3 Å². The largest absolute Gasteiger partial charge is 0.273 e. The molecule has 0 atom stereocenters. The third kappa shape index (κ3) is 7.18. The molecule has 0 N–H and O–H groups in total. The van der Waals surface area contributed by atoms with E-state index in [1.54, 1.807) is 47.6 Å². The summed E-state index contributed by atoms with van der Waals surface area (Å²) in [5.41, 5.74) is -11.7. The van der Waals surface area contributed by atoms with E-state index in [2.05, 4.69) is 0 Å². The number of aromatic nitrogens is 2. The van der Waals surface area contributed by atoms with E-state index in [0.29, 0.717) is 26.2 Å². The zero-order valence-corrected chi connectivity index (χ0v) is 36.8. The summed E-state index contributed by atoms with van der Waals surface area (Å²) in [5.74, 6) is -47.0. The number of hydrogen-bond acceptors (Lipinski definition) is 1. The van der Waals surface area contributed by atoms with E-state index in [1.165, 1.54) is 53.7 Å². The second-order valence-electron chi connectivity index (χ2n) is 19.4. The minimum Gasteiger partial charge on any atom is -0.273 e. The van der Waals surface area contributed by atoms with Gasteiger partial charge in [-0.3, -0.25) is 4.57 Å². The van der Waals surface area contributed by atoms with Crippen molar-refractivity contribution in [3.63, 3.8) is 0 Å². The minimum absolute atomic E-state index is 0.341. The fraction of sp³-hybridized carbons (Fsp3) is 0.372. The normalized spacial score (nSPS) is 13.4. The maximum absolute atomic E-state index is 17.0. The van der Waals surface area contributed by atoms with Crippen LogP contribution in [0.1, 0.15) is 94.2 Å². The van der Waals surface area contributed by atoms with Crippen molar-refractivity contribution in [1.29, 1.82) is 0 Å². The molecule has 4 aromatic carbocycles. The van der Waals surface area contributed by atoms with Crippen LogP contribution in [0.5, 0.6) is 0 Å². The van der Waals surface area contributed by atoms with Crippen molar-refractivity contribution in [2.24, 2.45) is 0 Å². The van der Waals surface area contributed by atoms with Crippen LogP contribution in [0.4, 0.5) is 65.9 Å². The predicted molar refractivity (Wildman–Crippen MR) is 209 cm³/mol. The molecule has 1 heterocycles. The molecular weight excluding hydrogens is 887 g/mol. The lowest BCUT2D eigenvalue weighted by atomic mass is 9.14. The lowest BCUT2D eigenvalue weighted by molar-refractivity contribution is -0.503. The van der Waals surface area contributed by atoms with Crippen LogP contribution < -0.4 is 26.4 Å². The Morgan fingerprint density at radius 3 is 0.921 bits per heavy atom. The Morgan fingerprint density at radius 2 is 0.683 bits per heavy atom. The summed E-state index contributed by atoms with van der Waals surface area (Å²) in [6.07, 6.45) is -4.89. The number of hydrogen-bond donors (Lipinski definition) is 0. The highest BCUT2D eigenvalue weighted by atomic mass is 31.2. The van der Waals surface area contributed by atoms with Gasteiger partial charge in [-0.15, -0.1) is 16.4 Å². The van der Waals surface area contributed by atoms with Crippen molar-refractivity contribution >= 4 is 35.6 Å². The number of halogens is 15. The maximum atomic E-state index is 17.0. The Balaban J connectivity index is 2.47. The molecule has 0 aliphatic rings. The molecule has 0 aliphatic heterocycles. The third-order valence-corrected chi connectivity index (χ3v) is 15.9. The lowest BCUT2D eigenvalue weighted by Crippen LogP contribution is -2.86. The number of imidazole rings is 1. The van der Waals surface area contributed by atoms with Crippen molar-refractivity contribution in [3.8, 4) is 5.69 Å². The first kappa shape index (κ1) is 49.4. The molecule has 0 radical (unpaired) electrons. The zero-order chi connectivity index (χ0) is 48.4. The molecule has 0 unspecified atom stereocenters. The zero-order valence-electron chi connectivity index (χ0n) is 35.9. The van der Waals surface area contributed by atoms with Crippen LogP contribution >= 0.6 is 7.29 Å². The molecule has 0 aliphatic carbocycles. The van der Waals surface area contributed by atoms with Crippen molar-refractivity contribution in [3.05, 3.63) is 129 Å². The van der Waals surface area contributed by atoms with Gasteiger partial charge in [-0.25, -0.2) is 74.8 Å². The Bertz CT molecular complexity index is 2470. The summed E-state index contributed by atoms with van der Waals surface area (Å²) in [6, 6.07) is 4.14. The quantitative estimate of drug-likeness (QED) is 0.0548. The summed E-state index contributed by atoms with van der Waals surface area (Å²) in [7, 11) is -4.92. The average molecular weight is 929 g/mol. The molecule has 5 aromatic rings. The van der Waals surface area contributed by atoms with Gasteiger partial charge in [0, 0.05) is 0 Å². The summed E-state index contributed by atoms with van der Waals surface area (Å²) >= 11 is 0. The highest BCUT2D eigenvalue weighted by molar-refractivity contribution is 7.60. The number of benzene rings is 4. The van der Waals surface area contributed by atoms with Gasteiger partial charge in [-0.05, 0) is 75.6 Å². The maximum Gasteiger partial charge on any atom is 0.258 e. The van der Waals surface area contributed by atoms with E-state index >= 15 is 57.3 Å². The van der Waals surface area contributed by atoms with E-state index in [0.717, 1.165) is 6.20 Å². The topological polar surface area (TPSA) is 25.9 Å². The predicted octanol–water partition coefficient (Wildman–Crippen LogP) is 10.5. The summed E-state index contributed by atoms with van der Waals surface area (Å²) in [6.45, 7) is 17.6. The molecule has 3 nitrogen and oxygen atoms in total. The average Bonchev–Trinajstić information content (AvgIpc) is 3.63. The van der Waals surface area contributed by atoms with Crippen LogP contribution in [0.15, 0.2) is 30.6 Å². The van der Waals surface area contributed by atoms with Gasteiger partial charge in [0.2, 0.25) is 6.15 Å². The van der Waals surface area contributed by atoms with Gasteiger partial charge in [0.05, 0.1) is 16.0 Å². The third-order valence-electron chi connectivity index (χ3n) is 11.3. The minimum atomic E-state index is -6.37. The van der Waals surface area contributed by atoms with E-state index in [4.69, 9.17) is 0 Å².